The van der Waals surface area contributed by atoms with Gasteiger partial charge in [-0.05, 0) is 25.8 Å². The average molecular weight is 250 g/mol. The van der Waals surface area contributed by atoms with Crippen molar-refractivity contribution in [3.05, 3.63) is 0 Å². The number of nitrogens with zero attached hydrogens (tertiary/aromatic N) is 1. The minimum Gasteiger partial charge on any atom is -0.301 e. The summed E-state index contributed by atoms with van der Waals surface area (Å²) in [6.45, 7) is 11.5. The minimum absolute atomic E-state index is 0.734. The molecule has 0 fully saturated rings. The monoisotopic (exact) mass is 249 g/mol. The molecule has 0 rings (SSSR count). The summed E-state index contributed by atoms with van der Waals surface area (Å²) in [5.41, 5.74) is 0. The van der Waals surface area contributed by atoms with Gasteiger partial charge in [0.25, 0.3) is 0 Å². The molecule has 0 amide bonds. The van der Waals surface area contributed by atoms with E-state index in [1.807, 2.05) is 0 Å². The van der Waals surface area contributed by atoms with Crippen LogP contribution in [0.1, 0.15) is 40.5 Å². The molecule has 0 N–H and O–H groups in total. The fraction of sp³-hybridized carbons (Fsp3) is 1.00. The highest BCUT2D eigenvalue weighted by Crippen LogP contribution is 2.12. The summed E-state index contributed by atoms with van der Waals surface area (Å²) in [6, 6.07) is 0.734. The molecule has 13 heavy (non-hydrogen) atoms. The molecule has 0 aliphatic rings. The lowest BCUT2D eigenvalue weighted by atomic mass is 10.1. The van der Waals surface area contributed by atoms with Gasteiger partial charge in [-0.2, -0.15) is 0 Å². The largest absolute Gasteiger partial charge is 0.301 e. The quantitative estimate of drug-likeness (QED) is 0.625. The van der Waals surface area contributed by atoms with Gasteiger partial charge in [-0.15, -0.1) is 0 Å². The van der Waals surface area contributed by atoms with Crippen molar-refractivity contribution < 1.29 is 0 Å². The van der Waals surface area contributed by atoms with Crippen molar-refractivity contribution in [3.8, 4) is 0 Å². The van der Waals surface area contributed by atoms with Gasteiger partial charge in [0.2, 0.25) is 0 Å². The van der Waals surface area contributed by atoms with E-state index in [0.717, 1.165) is 17.3 Å². The van der Waals surface area contributed by atoms with Gasteiger partial charge in [0, 0.05) is 17.9 Å². The molecule has 0 saturated heterocycles. The Morgan fingerprint density at radius 3 is 2.08 bits per heavy atom. The highest BCUT2D eigenvalue weighted by atomic mass is 79.9. The second-order valence-corrected chi connectivity index (χ2v) is 4.42. The Balaban J connectivity index is 3.94. The summed E-state index contributed by atoms with van der Waals surface area (Å²) in [6.07, 6.45) is 2.53. The van der Waals surface area contributed by atoms with Crippen LogP contribution in [0.2, 0.25) is 0 Å². The average Bonchev–Trinajstić information content (AvgIpc) is 2.19. The Bertz CT molecular complexity index is 113. The first-order valence-electron chi connectivity index (χ1n) is 5.49. The first kappa shape index (κ1) is 13.4. The molecular weight excluding hydrogens is 226 g/mol. The van der Waals surface area contributed by atoms with Crippen LogP contribution in [0.5, 0.6) is 0 Å². The van der Waals surface area contributed by atoms with Gasteiger partial charge in [0.15, 0.2) is 0 Å². The topological polar surface area (TPSA) is 3.24 Å². The zero-order chi connectivity index (χ0) is 10.3. The van der Waals surface area contributed by atoms with Crippen LogP contribution in [0.15, 0.2) is 0 Å². The molecule has 0 aliphatic heterocycles. The molecule has 0 heterocycles. The van der Waals surface area contributed by atoms with E-state index in [0.29, 0.717) is 0 Å². The van der Waals surface area contributed by atoms with Gasteiger partial charge in [0.1, 0.15) is 0 Å². The third-order valence-electron chi connectivity index (χ3n) is 2.91. The first-order chi connectivity index (χ1) is 6.19. The first-order valence-corrected chi connectivity index (χ1v) is 6.61. The SMILES string of the molecule is CCC(CBr)CN(CC)C(C)CC. The van der Waals surface area contributed by atoms with E-state index >= 15 is 0 Å². The van der Waals surface area contributed by atoms with Gasteiger partial charge >= 0.3 is 0 Å². The predicted molar refractivity (Wildman–Crippen MR) is 64.6 cm³/mol. The van der Waals surface area contributed by atoms with E-state index < -0.39 is 0 Å². The molecule has 0 saturated carbocycles. The van der Waals surface area contributed by atoms with Crippen LogP contribution < -0.4 is 0 Å². The van der Waals surface area contributed by atoms with Gasteiger partial charge in [0.05, 0.1) is 0 Å². The van der Waals surface area contributed by atoms with Crippen LogP contribution in [-0.4, -0.2) is 29.4 Å². The zero-order valence-corrected chi connectivity index (χ0v) is 11.1. The molecule has 80 valence electrons. The third-order valence-corrected chi connectivity index (χ3v) is 3.82. The van der Waals surface area contributed by atoms with Crippen LogP contribution in [0.4, 0.5) is 0 Å². The predicted octanol–water partition coefficient (Wildman–Crippen LogP) is 3.53. The van der Waals surface area contributed by atoms with Crippen molar-refractivity contribution in [2.24, 2.45) is 5.92 Å². The van der Waals surface area contributed by atoms with Crippen molar-refractivity contribution in [3.63, 3.8) is 0 Å². The van der Waals surface area contributed by atoms with Gasteiger partial charge in [-0.25, -0.2) is 0 Å². The highest BCUT2D eigenvalue weighted by Gasteiger charge is 2.14. The van der Waals surface area contributed by atoms with E-state index in [1.54, 1.807) is 0 Å². The molecule has 0 aromatic heterocycles. The molecule has 0 spiro atoms. The van der Waals surface area contributed by atoms with E-state index in [2.05, 4.69) is 48.5 Å². The van der Waals surface area contributed by atoms with Crippen molar-refractivity contribution in [2.75, 3.05) is 18.4 Å². The van der Waals surface area contributed by atoms with Crippen LogP contribution in [0.25, 0.3) is 0 Å². The lowest BCUT2D eigenvalue weighted by Gasteiger charge is -2.30. The third kappa shape index (κ3) is 5.02. The van der Waals surface area contributed by atoms with E-state index in [4.69, 9.17) is 0 Å². The van der Waals surface area contributed by atoms with Gasteiger partial charge in [-0.3, -0.25) is 0 Å². The maximum absolute atomic E-state index is 3.58. The Morgan fingerprint density at radius 1 is 1.15 bits per heavy atom. The molecule has 0 aromatic carbocycles. The smallest absolute Gasteiger partial charge is 0.00717 e. The summed E-state index contributed by atoms with van der Waals surface area (Å²) in [5.74, 6) is 0.814. The minimum atomic E-state index is 0.734. The number of rotatable bonds is 7. The maximum Gasteiger partial charge on any atom is 0.00717 e. The zero-order valence-electron chi connectivity index (χ0n) is 9.52. The molecule has 2 unspecified atom stereocenters. The molecule has 2 atom stereocenters. The lowest BCUT2D eigenvalue weighted by Crippen LogP contribution is -2.36. The highest BCUT2D eigenvalue weighted by molar-refractivity contribution is 9.09. The van der Waals surface area contributed by atoms with Gasteiger partial charge < -0.3 is 4.90 Å². The normalized spacial score (nSPS) is 16.2. The fourth-order valence-corrected chi connectivity index (χ4v) is 2.16. The lowest BCUT2D eigenvalue weighted by molar-refractivity contribution is 0.186. The molecule has 1 nitrogen and oxygen atoms in total. The van der Waals surface area contributed by atoms with Crippen molar-refractivity contribution in [1.82, 2.24) is 4.90 Å². The van der Waals surface area contributed by atoms with Crippen molar-refractivity contribution in [1.29, 1.82) is 0 Å². The molecule has 0 bridgehead atoms. The van der Waals surface area contributed by atoms with Gasteiger partial charge in [-0.1, -0.05) is 43.1 Å². The van der Waals surface area contributed by atoms with Crippen LogP contribution in [0, 0.1) is 5.92 Å². The number of hydrogen-bond acceptors (Lipinski definition) is 1. The summed E-state index contributed by atoms with van der Waals surface area (Å²) in [5, 5.41) is 1.14. The van der Waals surface area contributed by atoms with Crippen LogP contribution in [0.3, 0.4) is 0 Å². The standard InChI is InChI=1S/C11H24BrN/c1-5-10(4)13(7-3)9-11(6-2)8-12/h10-11H,5-9H2,1-4H3. The maximum atomic E-state index is 3.58. The molecule has 0 aliphatic carbocycles. The van der Waals surface area contributed by atoms with E-state index in [1.165, 1.54) is 25.9 Å². The molecule has 0 aromatic rings. The Labute approximate surface area is 92.0 Å². The Kier molecular flexibility index (Phi) is 8.07. The molecule has 0 radical (unpaired) electrons. The number of halogens is 1. The number of alkyl halides is 1. The Morgan fingerprint density at radius 2 is 1.77 bits per heavy atom. The molecule has 2 heteroatoms. The summed E-state index contributed by atoms with van der Waals surface area (Å²) in [4.78, 5) is 2.58. The van der Waals surface area contributed by atoms with Crippen molar-refractivity contribution >= 4 is 15.9 Å². The van der Waals surface area contributed by atoms with E-state index in [9.17, 15) is 0 Å². The summed E-state index contributed by atoms with van der Waals surface area (Å²) < 4.78 is 0. The molecular formula is C11H24BrN. The Hall–Kier alpha value is 0.440. The summed E-state index contributed by atoms with van der Waals surface area (Å²) >= 11 is 3.58. The second-order valence-electron chi connectivity index (χ2n) is 3.77. The van der Waals surface area contributed by atoms with Crippen LogP contribution >= 0.6 is 15.9 Å². The summed E-state index contributed by atoms with van der Waals surface area (Å²) in [7, 11) is 0. The number of hydrogen-bond donors (Lipinski definition) is 0. The van der Waals surface area contributed by atoms with Crippen molar-refractivity contribution in [2.45, 2.75) is 46.6 Å². The van der Waals surface area contributed by atoms with E-state index in [-0.39, 0.29) is 0 Å². The van der Waals surface area contributed by atoms with Crippen LogP contribution in [-0.2, 0) is 0 Å². The second kappa shape index (κ2) is 7.81. The fourth-order valence-electron chi connectivity index (χ4n) is 1.50.